The summed E-state index contributed by atoms with van der Waals surface area (Å²) < 4.78 is 29.7. The molecule has 0 bridgehead atoms. The minimum absolute atomic E-state index is 0.176. The van der Waals surface area contributed by atoms with E-state index in [9.17, 15) is 13.6 Å². The van der Waals surface area contributed by atoms with Crippen molar-refractivity contribution in [2.75, 3.05) is 0 Å². The number of halogens is 2. The van der Waals surface area contributed by atoms with Crippen LogP contribution in [0.2, 0.25) is 0 Å². The largest absolute Gasteiger partial charge is 0.305 e. The van der Waals surface area contributed by atoms with Crippen LogP contribution >= 0.6 is 0 Å². The Morgan fingerprint density at radius 1 is 0.931 bits per heavy atom. The SMILES string of the molecule is CCC(N)(c1ccccc1F)N(C(=O)C1CCC1)C(N)(CC)c1ccccc1F. The molecule has 1 aliphatic rings. The van der Waals surface area contributed by atoms with Gasteiger partial charge in [-0.15, -0.1) is 0 Å². The summed E-state index contributed by atoms with van der Waals surface area (Å²) in [5.74, 6) is -1.53. The summed E-state index contributed by atoms with van der Waals surface area (Å²) in [5.41, 5.74) is 10.9. The molecule has 4 N–H and O–H groups in total. The molecule has 1 fully saturated rings. The molecule has 0 aromatic heterocycles. The van der Waals surface area contributed by atoms with Gasteiger partial charge < -0.3 is 11.5 Å². The second-order valence-electron chi connectivity index (χ2n) is 7.82. The van der Waals surface area contributed by atoms with Gasteiger partial charge in [0.25, 0.3) is 0 Å². The topological polar surface area (TPSA) is 72.3 Å². The molecule has 4 nitrogen and oxygen atoms in total. The van der Waals surface area contributed by atoms with Crippen LogP contribution in [0.3, 0.4) is 0 Å². The molecule has 0 radical (unpaired) electrons. The van der Waals surface area contributed by atoms with E-state index in [2.05, 4.69) is 0 Å². The molecular formula is C23H29F2N3O. The Morgan fingerprint density at radius 3 is 1.66 bits per heavy atom. The highest BCUT2D eigenvalue weighted by Crippen LogP contribution is 2.43. The average molecular weight is 402 g/mol. The minimum atomic E-state index is -1.52. The zero-order valence-corrected chi connectivity index (χ0v) is 17.0. The van der Waals surface area contributed by atoms with Crippen molar-refractivity contribution < 1.29 is 13.6 Å². The van der Waals surface area contributed by atoms with Crippen LogP contribution in [0, 0.1) is 17.6 Å². The fourth-order valence-electron chi connectivity index (χ4n) is 4.15. The zero-order valence-electron chi connectivity index (χ0n) is 17.0. The van der Waals surface area contributed by atoms with Crippen molar-refractivity contribution >= 4 is 5.91 Å². The van der Waals surface area contributed by atoms with Crippen LogP contribution < -0.4 is 11.5 Å². The third kappa shape index (κ3) is 3.55. The number of hydrogen-bond acceptors (Lipinski definition) is 3. The Morgan fingerprint density at radius 2 is 1.34 bits per heavy atom. The number of carbonyl (C=O) groups excluding carboxylic acids is 1. The zero-order chi connectivity index (χ0) is 21.2. The number of hydrogen-bond donors (Lipinski definition) is 2. The average Bonchev–Trinajstić information content (AvgIpc) is 2.67. The van der Waals surface area contributed by atoms with Crippen molar-refractivity contribution in [1.82, 2.24) is 4.90 Å². The first-order valence-electron chi connectivity index (χ1n) is 10.2. The van der Waals surface area contributed by atoms with Gasteiger partial charge in [0, 0.05) is 17.0 Å². The lowest BCUT2D eigenvalue weighted by Crippen LogP contribution is -2.68. The van der Waals surface area contributed by atoms with Gasteiger partial charge in [0.1, 0.15) is 23.0 Å². The summed E-state index contributed by atoms with van der Waals surface area (Å²) in [6, 6.07) is 12.2. The maximum absolute atomic E-state index is 14.8. The van der Waals surface area contributed by atoms with Crippen LogP contribution in [0.15, 0.2) is 48.5 Å². The van der Waals surface area contributed by atoms with E-state index in [0.29, 0.717) is 0 Å². The van der Waals surface area contributed by atoms with Gasteiger partial charge in [-0.25, -0.2) is 8.78 Å². The van der Waals surface area contributed by atoms with Crippen molar-refractivity contribution in [2.45, 2.75) is 57.3 Å². The van der Waals surface area contributed by atoms with Gasteiger partial charge in [0.15, 0.2) is 0 Å². The predicted octanol–water partition coefficient (Wildman–Crippen LogP) is 4.34. The van der Waals surface area contributed by atoms with Gasteiger partial charge in [-0.1, -0.05) is 56.7 Å². The second-order valence-corrected chi connectivity index (χ2v) is 7.82. The second kappa shape index (κ2) is 8.20. The van der Waals surface area contributed by atoms with Crippen molar-refractivity contribution in [3.8, 4) is 0 Å². The van der Waals surface area contributed by atoms with E-state index in [1.54, 1.807) is 50.2 Å². The summed E-state index contributed by atoms with van der Waals surface area (Å²) in [4.78, 5) is 15.0. The van der Waals surface area contributed by atoms with Crippen LogP contribution in [-0.4, -0.2) is 10.8 Å². The third-order valence-electron chi connectivity index (χ3n) is 6.23. The van der Waals surface area contributed by atoms with Crippen LogP contribution in [0.1, 0.15) is 57.1 Å². The number of nitrogens with two attached hydrogens (primary N) is 2. The lowest BCUT2D eigenvalue weighted by atomic mass is 9.80. The van der Waals surface area contributed by atoms with E-state index in [1.165, 1.54) is 17.0 Å². The highest BCUT2D eigenvalue weighted by atomic mass is 19.1. The van der Waals surface area contributed by atoms with Crippen molar-refractivity contribution in [1.29, 1.82) is 0 Å². The van der Waals surface area contributed by atoms with Crippen molar-refractivity contribution in [3.05, 3.63) is 71.3 Å². The molecule has 1 saturated carbocycles. The number of amides is 1. The first kappa shape index (κ1) is 21.4. The molecule has 2 unspecified atom stereocenters. The minimum Gasteiger partial charge on any atom is -0.305 e. The van der Waals surface area contributed by atoms with E-state index in [0.717, 1.165) is 19.3 Å². The number of benzene rings is 2. The first-order chi connectivity index (χ1) is 13.8. The van der Waals surface area contributed by atoms with E-state index >= 15 is 0 Å². The molecule has 0 aliphatic heterocycles. The Balaban J connectivity index is 2.25. The predicted molar refractivity (Wildman–Crippen MR) is 109 cm³/mol. The normalized spacial score (nSPS) is 18.4. The lowest BCUT2D eigenvalue weighted by Gasteiger charge is -2.53. The molecule has 2 aromatic carbocycles. The fraction of sp³-hybridized carbons (Fsp3) is 0.435. The standard InChI is InChI=1S/C23H29F2N3O/c1-3-22(26,17-12-5-7-14-19(17)24)28(21(29)16-10-9-11-16)23(27,4-2)18-13-6-8-15-20(18)25/h5-8,12-16H,3-4,9-11,26-27H2,1-2H3. The molecule has 0 heterocycles. The van der Waals surface area contributed by atoms with Crippen LogP contribution in [0.5, 0.6) is 0 Å². The Labute approximate surface area is 170 Å². The molecule has 0 spiro atoms. The van der Waals surface area contributed by atoms with Gasteiger partial charge in [-0.2, -0.15) is 0 Å². The number of carbonyl (C=O) groups is 1. The van der Waals surface area contributed by atoms with Crippen LogP contribution in [0.25, 0.3) is 0 Å². The Hall–Kier alpha value is -2.31. The molecule has 2 aromatic rings. The highest BCUT2D eigenvalue weighted by Gasteiger charge is 2.51. The monoisotopic (exact) mass is 401 g/mol. The molecule has 0 saturated heterocycles. The quantitative estimate of drug-likeness (QED) is 0.678. The van der Waals surface area contributed by atoms with Crippen LogP contribution in [-0.2, 0) is 16.1 Å². The lowest BCUT2D eigenvalue weighted by molar-refractivity contribution is -0.158. The van der Waals surface area contributed by atoms with Gasteiger partial charge in [0.05, 0.1) is 0 Å². The summed E-state index contributed by atoms with van der Waals surface area (Å²) in [5, 5.41) is 0. The van der Waals surface area contributed by atoms with E-state index in [-0.39, 0.29) is 35.8 Å². The summed E-state index contributed by atoms with van der Waals surface area (Å²) in [6.07, 6.45) is 2.84. The Kier molecular flexibility index (Phi) is 6.05. The third-order valence-corrected chi connectivity index (χ3v) is 6.23. The molecule has 156 valence electrons. The summed E-state index contributed by atoms with van der Waals surface area (Å²) >= 11 is 0. The molecule has 1 amide bonds. The molecule has 2 atom stereocenters. The molecule has 6 heteroatoms. The fourth-order valence-corrected chi connectivity index (χ4v) is 4.15. The van der Waals surface area contributed by atoms with E-state index in [1.807, 2.05) is 0 Å². The maximum atomic E-state index is 14.8. The smallest absolute Gasteiger partial charge is 0.229 e. The first-order valence-corrected chi connectivity index (χ1v) is 10.2. The number of nitrogens with zero attached hydrogens (tertiary/aromatic N) is 1. The van der Waals surface area contributed by atoms with Crippen molar-refractivity contribution in [2.24, 2.45) is 17.4 Å². The Bertz CT molecular complexity index is 826. The van der Waals surface area contributed by atoms with Gasteiger partial charge >= 0.3 is 0 Å². The maximum Gasteiger partial charge on any atom is 0.229 e. The molecule has 29 heavy (non-hydrogen) atoms. The molecule has 1 aliphatic carbocycles. The van der Waals surface area contributed by atoms with E-state index < -0.39 is 23.0 Å². The van der Waals surface area contributed by atoms with Gasteiger partial charge in [-0.3, -0.25) is 9.69 Å². The van der Waals surface area contributed by atoms with Crippen molar-refractivity contribution in [3.63, 3.8) is 0 Å². The molecular weight excluding hydrogens is 372 g/mol. The summed E-state index contributed by atoms with van der Waals surface area (Å²) in [6.45, 7) is 3.57. The summed E-state index contributed by atoms with van der Waals surface area (Å²) in [7, 11) is 0. The number of rotatable bonds is 7. The van der Waals surface area contributed by atoms with E-state index in [4.69, 9.17) is 11.5 Å². The molecule has 3 rings (SSSR count). The van der Waals surface area contributed by atoms with Gasteiger partial charge in [0.2, 0.25) is 5.91 Å². The highest BCUT2D eigenvalue weighted by molar-refractivity contribution is 5.81. The van der Waals surface area contributed by atoms with Crippen LogP contribution in [0.4, 0.5) is 8.78 Å². The van der Waals surface area contributed by atoms with Gasteiger partial charge in [-0.05, 0) is 37.8 Å².